The molecule has 0 amide bonds. The first-order valence-electron chi connectivity index (χ1n) is 7.49. The van der Waals surface area contributed by atoms with Crippen LogP contribution in [0.1, 0.15) is 12.0 Å². The Bertz CT molecular complexity index is 778. The fraction of sp³-hybridized carbons (Fsp3) is 0.150. The molecule has 0 spiro atoms. The lowest BCUT2D eigenvalue weighted by atomic mass is 10.1. The van der Waals surface area contributed by atoms with Gasteiger partial charge in [0.05, 0.1) is 10.7 Å². The fourth-order valence-electron chi connectivity index (χ4n) is 2.49. The first kappa shape index (κ1) is 14.9. The van der Waals surface area contributed by atoms with Crippen LogP contribution in [-0.2, 0) is 6.42 Å². The second-order valence-corrected chi connectivity index (χ2v) is 6.11. The van der Waals surface area contributed by atoms with Gasteiger partial charge in [-0.1, -0.05) is 60.7 Å². The van der Waals surface area contributed by atoms with Gasteiger partial charge in [0.2, 0.25) is 0 Å². The van der Waals surface area contributed by atoms with Gasteiger partial charge in [-0.3, -0.25) is 0 Å². The Balaban J connectivity index is 1.77. The number of fused-ring (bicyclic) bond motifs is 1. The number of thioether (sulfide) groups is 1. The molecule has 0 aromatic heterocycles. The number of hydrogen-bond acceptors (Lipinski definition) is 2. The fourth-order valence-corrected chi connectivity index (χ4v) is 2.99. The molecule has 3 rings (SSSR count). The van der Waals surface area contributed by atoms with Crippen molar-refractivity contribution < 1.29 is 0 Å². The Kier molecular flexibility index (Phi) is 4.92. The first-order chi connectivity index (χ1) is 10.8. The van der Waals surface area contributed by atoms with E-state index >= 15 is 0 Å². The summed E-state index contributed by atoms with van der Waals surface area (Å²) < 4.78 is 0. The Hall–Kier alpha value is -2.06. The van der Waals surface area contributed by atoms with Crippen LogP contribution in [-0.4, -0.2) is 11.3 Å². The van der Waals surface area contributed by atoms with Gasteiger partial charge in [0.1, 0.15) is 0 Å². The predicted octanol–water partition coefficient (Wildman–Crippen LogP) is 5.87. The molecule has 3 aromatic rings. The molecule has 0 aliphatic heterocycles. The molecule has 0 aliphatic rings. The van der Waals surface area contributed by atoms with Crippen molar-refractivity contribution in [3.63, 3.8) is 0 Å². The van der Waals surface area contributed by atoms with Crippen LogP contribution in [0.15, 0.2) is 77.8 Å². The molecular weight excluding hydrogens is 286 g/mol. The first-order valence-corrected chi connectivity index (χ1v) is 8.72. The smallest absolute Gasteiger partial charge is 0.0739 e. The van der Waals surface area contributed by atoms with E-state index in [0.29, 0.717) is 0 Å². The normalized spacial score (nSPS) is 11.8. The van der Waals surface area contributed by atoms with E-state index in [1.54, 1.807) is 11.8 Å². The maximum atomic E-state index is 4.82. The van der Waals surface area contributed by atoms with Crippen LogP contribution >= 0.6 is 11.8 Å². The van der Waals surface area contributed by atoms with Crippen molar-refractivity contribution in [1.29, 1.82) is 0 Å². The maximum Gasteiger partial charge on any atom is 0.0739 e. The number of aliphatic imine (C=N–C) groups is 1. The van der Waals surface area contributed by atoms with Crippen LogP contribution < -0.4 is 0 Å². The van der Waals surface area contributed by atoms with Crippen molar-refractivity contribution in [2.24, 2.45) is 4.99 Å². The van der Waals surface area contributed by atoms with E-state index in [4.69, 9.17) is 4.99 Å². The van der Waals surface area contributed by atoms with Crippen LogP contribution in [0.5, 0.6) is 0 Å². The topological polar surface area (TPSA) is 12.4 Å². The summed E-state index contributed by atoms with van der Waals surface area (Å²) in [7, 11) is 0. The second kappa shape index (κ2) is 7.28. The van der Waals surface area contributed by atoms with Crippen LogP contribution in [0.25, 0.3) is 10.8 Å². The van der Waals surface area contributed by atoms with Crippen LogP contribution in [0.4, 0.5) is 5.69 Å². The number of hydrogen-bond donors (Lipinski definition) is 0. The van der Waals surface area contributed by atoms with Crippen molar-refractivity contribution in [1.82, 2.24) is 0 Å². The van der Waals surface area contributed by atoms with Gasteiger partial charge in [-0.25, -0.2) is 4.99 Å². The van der Waals surface area contributed by atoms with E-state index in [1.807, 2.05) is 0 Å². The van der Waals surface area contributed by atoms with Crippen molar-refractivity contribution in [3.8, 4) is 0 Å². The Morgan fingerprint density at radius 1 is 0.864 bits per heavy atom. The zero-order valence-electron chi connectivity index (χ0n) is 12.7. The standard InChI is InChI=1S/C20H19NS/c1-22-20(14-11-16-7-3-2-4-8-16)21-19-13-12-17-9-5-6-10-18(17)15-19/h2-10,12-13,15H,11,14H2,1H3. The summed E-state index contributed by atoms with van der Waals surface area (Å²) in [6.07, 6.45) is 4.12. The van der Waals surface area contributed by atoms with E-state index in [9.17, 15) is 0 Å². The summed E-state index contributed by atoms with van der Waals surface area (Å²) >= 11 is 1.74. The summed E-state index contributed by atoms with van der Waals surface area (Å²) in [5, 5.41) is 3.68. The molecular formula is C20H19NS. The second-order valence-electron chi connectivity index (χ2n) is 5.23. The summed E-state index contributed by atoms with van der Waals surface area (Å²) in [6, 6.07) is 25.4. The van der Waals surface area contributed by atoms with Crippen LogP contribution in [0.3, 0.4) is 0 Å². The molecule has 2 heteroatoms. The molecule has 0 fully saturated rings. The minimum Gasteiger partial charge on any atom is -0.247 e. The van der Waals surface area contributed by atoms with Gasteiger partial charge in [0.15, 0.2) is 0 Å². The molecule has 0 atom stereocenters. The molecule has 0 unspecified atom stereocenters. The van der Waals surface area contributed by atoms with Gasteiger partial charge in [0.25, 0.3) is 0 Å². The van der Waals surface area contributed by atoms with Gasteiger partial charge in [-0.15, -0.1) is 11.8 Å². The van der Waals surface area contributed by atoms with Gasteiger partial charge < -0.3 is 0 Å². The molecule has 0 bridgehead atoms. The molecule has 0 heterocycles. The Morgan fingerprint density at radius 2 is 1.59 bits per heavy atom. The lowest BCUT2D eigenvalue weighted by molar-refractivity contribution is 1.05. The van der Waals surface area contributed by atoms with E-state index in [2.05, 4.69) is 79.1 Å². The molecule has 1 nitrogen and oxygen atoms in total. The monoisotopic (exact) mass is 305 g/mol. The molecule has 0 radical (unpaired) electrons. The number of aryl methyl sites for hydroxylation is 1. The van der Waals surface area contributed by atoms with E-state index in [0.717, 1.165) is 18.5 Å². The molecule has 110 valence electrons. The zero-order valence-corrected chi connectivity index (χ0v) is 13.5. The van der Waals surface area contributed by atoms with Crippen molar-refractivity contribution >= 4 is 33.3 Å². The average Bonchev–Trinajstić information content (AvgIpc) is 2.59. The van der Waals surface area contributed by atoms with Gasteiger partial charge in [0, 0.05) is 0 Å². The quantitative estimate of drug-likeness (QED) is 0.434. The highest BCUT2D eigenvalue weighted by molar-refractivity contribution is 8.13. The predicted molar refractivity (Wildman–Crippen MR) is 99.3 cm³/mol. The van der Waals surface area contributed by atoms with Gasteiger partial charge >= 0.3 is 0 Å². The molecule has 0 aliphatic carbocycles. The lowest BCUT2D eigenvalue weighted by Gasteiger charge is -2.05. The van der Waals surface area contributed by atoms with Crippen molar-refractivity contribution in [2.75, 3.05) is 6.26 Å². The SMILES string of the molecule is CSC(CCc1ccccc1)=Nc1ccc2ccccc2c1. The number of rotatable bonds is 4. The maximum absolute atomic E-state index is 4.82. The highest BCUT2D eigenvalue weighted by Crippen LogP contribution is 2.23. The number of nitrogens with zero attached hydrogens (tertiary/aromatic N) is 1. The lowest BCUT2D eigenvalue weighted by Crippen LogP contribution is -1.95. The third-order valence-electron chi connectivity index (χ3n) is 3.69. The number of benzene rings is 3. The van der Waals surface area contributed by atoms with Crippen LogP contribution in [0.2, 0.25) is 0 Å². The van der Waals surface area contributed by atoms with E-state index in [1.165, 1.54) is 21.4 Å². The molecule has 0 N–H and O–H groups in total. The highest BCUT2D eigenvalue weighted by Gasteiger charge is 2.01. The third-order valence-corrected chi connectivity index (χ3v) is 4.46. The minimum absolute atomic E-state index is 0.984. The van der Waals surface area contributed by atoms with Gasteiger partial charge in [-0.05, 0) is 47.6 Å². The summed E-state index contributed by atoms with van der Waals surface area (Å²) in [5.41, 5.74) is 2.40. The average molecular weight is 305 g/mol. The Morgan fingerprint density at radius 3 is 2.36 bits per heavy atom. The van der Waals surface area contributed by atoms with Crippen LogP contribution in [0, 0.1) is 0 Å². The molecule has 3 aromatic carbocycles. The largest absolute Gasteiger partial charge is 0.247 e. The van der Waals surface area contributed by atoms with Crippen molar-refractivity contribution in [3.05, 3.63) is 78.4 Å². The molecule has 0 saturated heterocycles. The summed E-state index contributed by atoms with van der Waals surface area (Å²) in [4.78, 5) is 4.82. The zero-order chi connectivity index (χ0) is 15.2. The van der Waals surface area contributed by atoms with E-state index in [-0.39, 0.29) is 0 Å². The van der Waals surface area contributed by atoms with Crippen molar-refractivity contribution in [2.45, 2.75) is 12.8 Å². The van der Waals surface area contributed by atoms with Gasteiger partial charge in [-0.2, -0.15) is 0 Å². The minimum atomic E-state index is 0.984. The third kappa shape index (κ3) is 3.77. The molecule has 0 saturated carbocycles. The van der Waals surface area contributed by atoms with E-state index < -0.39 is 0 Å². The Labute approximate surface area is 136 Å². The highest BCUT2D eigenvalue weighted by atomic mass is 32.2. The molecule has 22 heavy (non-hydrogen) atoms. The summed E-state index contributed by atoms with van der Waals surface area (Å²) in [6.45, 7) is 0. The summed E-state index contributed by atoms with van der Waals surface area (Å²) in [5.74, 6) is 0.